The van der Waals surface area contributed by atoms with Gasteiger partial charge < -0.3 is 25.3 Å². The first kappa shape index (κ1) is 33.1. The van der Waals surface area contributed by atoms with Gasteiger partial charge in [-0.2, -0.15) is 0 Å². The first-order chi connectivity index (χ1) is 27.1. The molecule has 2 aliphatic carbocycles. The Balaban J connectivity index is 0.964. The molecular weight excluding hydrogens is 703 g/mol. The number of benzene rings is 5. The van der Waals surface area contributed by atoms with Crippen LogP contribution in [0.15, 0.2) is 145 Å². The predicted octanol–water partition coefficient (Wildman–Crippen LogP) is 9.64. The molecule has 270 valence electrons. The van der Waals surface area contributed by atoms with E-state index in [1.54, 1.807) is 17.5 Å². The molecule has 3 atom stereocenters. The monoisotopic (exact) mass is 739 g/mol. The van der Waals surface area contributed by atoms with Crippen molar-refractivity contribution in [2.75, 3.05) is 6.61 Å². The van der Waals surface area contributed by atoms with Crippen LogP contribution in [0.1, 0.15) is 52.4 Å². The summed E-state index contributed by atoms with van der Waals surface area (Å²) in [5, 5.41) is 10.8. The number of aromatic nitrogens is 3. The predicted molar refractivity (Wildman–Crippen MR) is 217 cm³/mol. The van der Waals surface area contributed by atoms with Crippen molar-refractivity contribution in [3.8, 4) is 22.4 Å². The molecule has 3 aromatic heterocycles. The van der Waals surface area contributed by atoms with Gasteiger partial charge in [-0.1, -0.05) is 115 Å². The van der Waals surface area contributed by atoms with Gasteiger partial charge in [0.05, 0.1) is 17.9 Å². The first-order valence-corrected chi connectivity index (χ1v) is 19.5. The molecule has 0 aliphatic heterocycles. The maximum Gasteiger partial charge on any atom is 0.408 e. The zero-order valence-corrected chi connectivity index (χ0v) is 30.6. The van der Waals surface area contributed by atoms with Gasteiger partial charge in [0.1, 0.15) is 18.0 Å². The third-order valence-electron chi connectivity index (χ3n) is 11.3. The molecular formula is C46H37N5O3S. The maximum atomic E-state index is 14.9. The Labute approximate surface area is 321 Å². The van der Waals surface area contributed by atoms with E-state index < -0.39 is 17.7 Å². The number of fused-ring (bicyclic) bond motifs is 5. The van der Waals surface area contributed by atoms with Gasteiger partial charge in [-0.25, -0.2) is 9.78 Å². The third kappa shape index (κ3) is 5.88. The zero-order valence-electron chi connectivity index (χ0n) is 29.8. The molecule has 8 aromatic rings. The van der Waals surface area contributed by atoms with Gasteiger partial charge in [0.2, 0.25) is 5.91 Å². The van der Waals surface area contributed by atoms with Gasteiger partial charge in [-0.05, 0) is 68.3 Å². The second-order valence-corrected chi connectivity index (χ2v) is 15.4. The molecule has 9 heteroatoms. The summed E-state index contributed by atoms with van der Waals surface area (Å²) in [5.74, 6) is 0.0159. The minimum atomic E-state index is -1.22. The van der Waals surface area contributed by atoms with E-state index in [-0.39, 0.29) is 24.3 Å². The van der Waals surface area contributed by atoms with Gasteiger partial charge in [0.25, 0.3) is 0 Å². The molecule has 1 saturated carbocycles. The van der Waals surface area contributed by atoms with E-state index in [4.69, 9.17) is 9.72 Å². The van der Waals surface area contributed by atoms with E-state index in [1.807, 2.05) is 91.1 Å². The van der Waals surface area contributed by atoms with Crippen LogP contribution in [0.5, 0.6) is 0 Å². The van der Waals surface area contributed by atoms with E-state index in [0.29, 0.717) is 18.7 Å². The summed E-state index contributed by atoms with van der Waals surface area (Å²) < 4.78 is 7.18. The molecule has 2 amide bonds. The summed E-state index contributed by atoms with van der Waals surface area (Å²) >= 11 is 1.65. The van der Waals surface area contributed by atoms with Crippen LogP contribution in [0.3, 0.4) is 0 Å². The number of nitrogens with one attached hydrogen (secondary N) is 4. The van der Waals surface area contributed by atoms with Crippen LogP contribution in [-0.2, 0) is 16.0 Å². The number of aromatic amines is 2. The molecule has 0 radical (unpaired) electrons. The highest BCUT2D eigenvalue weighted by Gasteiger charge is 2.63. The highest BCUT2D eigenvalue weighted by molar-refractivity contribution is 7.17. The Bertz CT molecular complexity index is 2670. The topological polar surface area (TPSA) is 112 Å². The summed E-state index contributed by atoms with van der Waals surface area (Å²) in [6, 6.07) is 42.4. The van der Waals surface area contributed by atoms with Crippen molar-refractivity contribution in [2.45, 2.75) is 36.3 Å². The molecule has 4 N–H and O–H groups in total. The van der Waals surface area contributed by atoms with Gasteiger partial charge in [-0.15, -0.1) is 11.3 Å². The lowest BCUT2D eigenvalue weighted by molar-refractivity contribution is -0.125. The van der Waals surface area contributed by atoms with E-state index in [0.717, 1.165) is 65.6 Å². The molecule has 8 nitrogen and oxygen atoms in total. The summed E-state index contributed by atoms with van der Waals surface area (Å²) in [4.78, 5) is 40.5. The van der Waals surface area contributed by atoms with Crippen LogP contribution in [0.25, 0.3) is 43.4 Å². The van der Waals surface area contributed by atoms with Gasteiger partial charge in [-0.3, -0.25) is 4.79 Å². The fourth-order valence-corrected chi connectivity index (χ4v) is 9.49. The number of para-hydroxylation sites is 1. The quantitative estimate of drug-likeness (QED) is 0.112. The zero-order chi connectivity index (χ0) is 36.9. The molecule has 55 heavy (non-hydrogen) atoms. The highest BCUT2D eigenvalue weighted by Crippen LogP contribution is 2.55. The summed E-state index contributed by atoms with van der Waals surface area (Å²) in [5.41, 5.74) is 8.33. The van der Waals surface area contributed by atoms with Crippen LogP contribution in [0.4, 0.5) is 4.79 Å². The molecule has 1 unspecified atom stereocenters. The van der Waals surface area contributed by atoms with Crippen molar-refractivity contribution in [1.82, 2.24) is 25.6 Å². The molecule has 0 saturated heterocycles. The standard InChI is InChI=1S/C46H37N5O3S/c52-44(50-40(22-29-24-47-39-20-10-8-14-30(29)39)43-48-25-41(49-43)28-12-2-1-3-13-28)46(23-38(46)37-27-55-42-21-11-9-19-35(37)42)51-45(53)54-26-36-33-17-6-4-15-31(33)32-16-5-7-18-34(32)36/h1-21,24-25,27,36,38,40,47H,22-23,26H2,(H,48,49)(H,50,52)(H,51,53)/t38-,40-,46?/m1/s1. The van der Waals surface area contributed by atoms with Crippen molar-refractivity contribution >= 4 is 44.3 Å². The number of alkyl carbamates (subject to hydrolysis) is 1. The summed E-state index contributed by atoms with van der Waals surface area (Å²) in [6.45, 7) is 0.154. The number of carbonyl (C=O) groups excluding carboxylic acids is 2. The van der Waals surface area contributed by atoms with E-state index in [2.05, 4.69) is 68.4 Å². The summed E-state index contributed by atoms with van der Waals surface area (Å²) in [6.07, 6.45) is 4.10. The van der Waals surface area contributed by atoms with Crippen molar-refractivity contribution < 1.29 is 14.3 Å². The molecule has 0 spiro atoms. The fraction of sp³-hybridized carbons (Fsp3) is 0.152. The SMILES string of the molecule is O=C(NC1(C(=O)N[C@H](Cc2c[nH]c3ccccc23)c2ncc(-c3ccccc3)[nH]2)C[C@@H]1c1csc2ccccc12)OCC1c2ccccc2-c2ccccc21. The second kappa shape index (κ2) is 13.4. The number of thiophene rings is 1. The van der Waals surface area contributed by atoms with Gasteiger partial charge in [0, 0.05) is 40.1 Å². The van der Waals surface area contributed by atoms with E-state index in [9.17, 15) is 9.59 Å². The van der Waals surface area contributed by atoms with Crippen molar-refractivity contribution in [3.63, 3.8) is 0 Å². The smallest absolute Gasteiger partial charge is 0.408 e. The number of carbonyl (C=O) groups is 2. The first-order valence-electron chi connectivity index (χ1n) is 18.6. The number of rotatable bonds is 10. The number of nitrogens with zero attached hydrogens (tertiary/aromatic N) is 1. The minimum absolute atomic E-state index is 0.0999. The van der Waals surface area contributed by atoms with Crippen LogP contribution < -0.4 is 10.6 Å². The molecule has 1 fully saturated rings. The van der Waals surface area contributed by atoms with E-state index >= 15 is 0 Å². The summed E-state index contributed by atoms with van der Waals surface area (Å²) in [7, 11) is 0. The van der Waals surface area contributed by atoms with Gasteiger partial charge in [0.15, 0.2) is 0 Å². The lowest BCUT2D eigenvalue weighted by Gasteiger charge is -2.24. The Morgan fingerprint density at radius 3 is 2.31 bits per heavy atom. The second-order valence-electron chi connectivity index (χ2n) is 14.5. The maximum absolute atomic E-state index is 14.9. The van der Waals surface area contributed by atoms with Crippen molar-refractivity contribution in [2.24, 2.45) is 0 Å². The Morgan fingerprint density at radius 2 is 1.51 bits per heavy atom. The Morgan fingerprint density at radius 1 is 0.818 bits per heavy atom. The number of hydrogen-bond donors (Lipinski definition) is 4. The van der Waals surface area contributed by atoms with Crippen molar-refractivity contribution in [1.29, 1.82) is 0 Å². The third-order valence-corrected chi connectivity index (χ3v) is 12.3. The number of ether oxygens (including phenoxy) is 1. The minimum Gasteiger partial charge on any atom is -0.449 e. The number of H-pyrrole nitrogens is 2. The lowest BCUT2D eigenvalue weighted by Crippen LogP contribution is -2.51. The van der Waals surface area contributed by atoms with Crippen LogP contribution in [-0.4, -0.2) is 39.1 Å². The average Bonchev–Trinajstić information content (AvgIpc) is 3.71. The molecule has 0 bridgehead atoms. The fourth-order valence-electron chi connectivity index (χ4n) is 8.47. The molecule has 2 aliphatic rings. The molecule has 10 rings (SSSR count). The highest BCUT2D eigenvalue weighted by atomic mass is 32.1. The molecule has 5 aromatic carbocycles. The number of hydrogen-bond acceptors (Lipinski definition) is 5. The van der Waals surface area contributed by atoms with Crippen LogP contribution in [0, 0.1) is 0 Å². The van der Waals surface area contributed by atoms with Gasteiger partial charge >= 0.3 is 6.09 Å². The molecule has 3 heterocycles. The number of amides is 2. The normalized spacial score (nSPS) is 17.8. The Kier molecular flexibility index (Phi) is 8.10. The number of imidazole rings is 1. The lowest BCUT2D eigenvalue weighted by atomic mass is 9.98. The van der Waals surface area contributed by atoms with Crippen LogP contribution >= 0.6 is 11.3 Å². The van der Waals surface area contributed by atoms with Crippen LogP contribution in [0.2, 0.25) is 0 Å². The largest absolute Gasteiger partial charge is 0.449 e. The Hall–Kier alpha value is -6.45. The van der Waals surface area contributed by atoms with Crippen molar-refractivity contribution in [3.05, 3.63) is 173 Å². The average molecular weight is 740 g/mol. The van der Waals surface area contributed by atoms with E-state index in [1.165, 1.54) is 0 Å².